The molecule has 14 heavy (non-hydrogen) atoms. The molecule has 0 aliphatic carbocycles. The Morgan fingerprint density at radius 2 is 2.29 bits per heavy atom. The summed E-state index contributed by atoms with van der Waals surface area (Å²) in [4.78, 5) is 8.77. The van der Waals surface area contributed by atoms with Crippen LogP contribution in [0.15, 0.2) is 6.20 Å². The molecule has 0 atom stereocenters. The molecule has 2 N–H and O–H groups in total. The smallest absolute Gasteiger partial charge is 0.222 e. The van der Waals surface area contributed by atoms with Gasteiger partial charge in [0.25, 0.3) is 0 Å². The van der Waals surface area contributed by atoms with Crippen LogP contribution in [0.1, 0.15) is 18.2 Å². The first-order chi connectivity index (χ1) is 6.90. The van der Waals surface area contributed by atoms with Crippen LogP contribution in [0.25, 0.3) is 0 Å². The molecule has 1 aliphatic heterocycles. The van der Waals surface area contributed by atoms with Crippen molar-refractivity contribution in [1.82, 2.24) is 15.3 Å². The van der Waals surface area contributed by atoms with Crippen LogP contribution in [0.2, 0.25) is 0 Å². The van der Waals surface area contributed by atoms with Crippen LogP contribution >= 0.6 is 0 Å². The summed E-state index contributed by atoms with van der Waals surface area (Å²) in [6, 6.07) is 0. The summed E-state index contributed by atoms with van der Waals surface area (Å²) in [6.07, 6.45) is 4.01. The minimum atomic E-state index is 0.758. The van der Waals surface area contributed by atoms with Gasteiger partial charge in [0.1, 0.15) is 0 Å². The Balaban J connectivity index is 2.23. The average molecular weight is 192 g/mol. The van der Waals surface area contributed by atoms with Gasteiger partial charge in [-0.2, -0.15) is 0 Å². The molecule has 0 saturated heterocycles. The van der Waals surface area contributed by atoms with Gasteiger partial charge in [-0.15, -0.1) is 0 Å². The van der Waals surface area contributed by atoms with Crippen LogP contribution in [0.3, 0.4) is 0 Å². The van der Waals surface area contributed by atoms with Crippen molar-refractivity contribution in [2.45, 2.75) is 19.8 Å². The van der Waals surface area contributed by atoms with Crippen LogP contribution in [0.4, 0.5) is 5.95 Å². The number of fused-ring (bicyclic) bond motifs is 1. The Morgan fingerprint density at radius 1 is 1.43 bits per heavy atom. The molecule has 0 unspecified atom stereocenters. The van der Waals surface area contributed by atoms with E-state index in [2.05, 4.69) is 27.5 Å². The third-order valence-corrected chi connectivity index (χ3v) is 2.40. The first-order valence-corrected chi connectivity index (χ1v) is 5.19. The van der Waals surface area contributed by atoms with Gasteiger partial charge in [-0.3, -0.25) is 0 Å². The van der Waals surface area contributed by atoms with Gasteiger partial charge in [-0.05, 0) is 25.5 Å². The first kappa shape index (κ1) is 9.40. The maximum atomic E-state index is 4.50. The summed E-state index contributed by atoms with van der Waals surface area (Å²) in [6.45, 7) is 4.99. The van der Waals surface area contributed by atoms with Crippen LogP contribution in [-0.2, 0) is 12.8 Å². The predicted molar refractivity (Wildman–Crippen MR) is 56.5 cm³/mol. The van der Waals surface area contributed by atoms with Crippen molar-refractivity contribution in [3.8, 4) is 0 Å². The lowest BCUT2D eigenvalue weighted by molar-refractivity contribution is 0.708. The first-order valence-electron chi connectivity index (χ1n) is 5.19. The van der Waals surface area contributed by atoms with Gasteiger partial charge in [0.2, 0.25) is 5.95 Å². The molecule has 4 nitrogen and oxygen atoms in total. The lowest BCUT2D eigenvalue weighted by Crippen LogP contribution is -2.16. The van der Waals surface area contributed by atoms with E-state index in [1.165, 1.54) is 11.3 Å². The number of hydrogen-bond acceptors (Lipinski definition) is 4. The van der Waals surface area contributed by atoms with E-state index < -0.39 is 0 Å². The Morgan fingerprint density at radius 3 is 3.14 bits per heavy atom. The van der Waals surface area contributed by atoms with Crippen molar-refractivity contribution in [2.75, 3.05) is 25.0 Å². The molecule has 1 aliphatic rings. The maximum Gasteiger partial charge on any atom is 0.222 e. The van der Waals surface area contributed by atoms with Gasteiger partial charge in [0, 0.05) is 25.7 Å². The minimum Gasteiger partial charge on any atom is -0.354 e. The van der Waals surface area contributed by atoms with E-state index in [1.807, 2.05) is 6.20 Å². The molecule has 4 heteroatoms. The van der Waals surface area contributed by atoms with Gasteiger partial charge < -0.3 is 10.6 Å². The predicted octanol–water partition coefficient (Wildman–Crippen LogP) is 0.597. The summed E-state index contributed by atoms with van der Waals surface area (Å²) in [5.41, 5.74) is 2.48. The molecule has 0 saturated carbocycles. The highest BCUT2D eigenvalue weighted by Gasteiger charge is 2.09. The molecule has 1 aromatic heterocycles. The number of hydrogen-bond donors (Lipinski definition) is 2. The Bertz CT molecular complexity index is 311. The highest BCUT2D eigenvalue weighted by molar-refractivity contribution is 5.30. The molecule has 0 spiro atoms. The lowest BCUT2D eigenvalue weighted by Gasteiger charge is -2.06. The summed E-state index contributed by atoms with van der Waals surface area (Å²) in [7, 11) is 0. The van der Waals surface area contributed by atoms with Gasteiger partial charge in [-0.1, -0.05) is 0 Å². The summed E-state index contributed by atoms with van der Waals surface area (Å²) >= 11 is 0. The Labute approximate surface area is 84.2 Å². The van der Waals surface area contributed by atoms with Crippen molar-refractivity contribution in [3.63, 3.8) is 0 Å². The zero-order chi connectivity index (χ0) is 9.80. The molecule has 0 bridgehead atoms. The molecule has 0 radical (unpaired) electrons. The summed E-state index contributed by atoms with van der Waals surface area (Å²) < 4.78 is 0. The number of anilines is 1. The number of nitrogens with one attached hydrogen (secondary N) is 2. The minimum absolute atomic E-state index is 0.758. The molecule has 0 amide bonds. The average Bonchev–Trinajstić information content (AvgIpc) is 2.42. The second kappa shape index (κ2) is 4.37. The summed E-state index contributed by atoms with van der Waals surface area (Å²) in [5, 5.41) is 6.49. The van der Waals surface area contributed by atoms with E-state index in [4.69, 9.17) is 0 Å². The molecule has 2 heterocycles. The van der Waals surface area contributed by atoms with Crippen LogP contribution in [0, 0.1) is 0 Å². The van der Waals surface area contributed by atoms with Crippen molar-refractivity contribution < 1.29 is 0 Å². The molecule has 1 aromatic rings. The highest BCUT2D eigenvalue weighted by Crippen LogP contribution is 2.11. The van der Waals surface area contributed by atoms with Crippen molar-refractivity contribution >= 4 is 5.95 Å². The second-order valence-electron chi connectivity index (χ2n) is 3.45. The monoisotopic (exact) mass is 192 g/mol. The fourth-order valence-electron chi connectivity index (χ4n) is 1.67. The summed E-state index contributed by atoms with van der Waals surface area (Å²) in [5.74, 6) is 0.758. The number of rotatable bonds is 2. The van der Waals surface area contributed by atoms with E-state index in [0.29, 0.717) is 0 Å². The quantitative estimate of drug-likeness (QED) is 0.720. The van der Waals surface area contributed by atoms with Crippen molar-refractivity contribution in [2.24, 2.45) is 0 Å². The fraction of sp³-hybridized carbons (Fsp3) is 0.600. The molecule has 0 fully saturated rings. The molecular weight excluding hydrogens is 176 g/mol. The SMILES string of the molecule is CCNc1ncc2c(n1)CCNCC2. The molecule has 76 valence electrons. The standard InChI is InChI=1S/C10H16N4/c1-2-12-10-13-7-8-3-5-11-6-4-9(8)14-10/h7,11H,2-6H2,1H3,(H,12,13,14). The second-order valence-corrected chi connectivity index (χ2v) is 3.45. The van der Waals surface area contributed by atoms with Crippen LogP contribution in [-0.4, -0.2) is 29.6 Å². The van der Waals surface area contributed by atoms with Crippen LogP contribution < -0.4 is 10.6 Å². The van der Waals surface area contributed by atoms with Crippen molar-refractivity contribution in [1.29, 1.82) is 0 Å². The van der Waals surface area contributed by atoms with Gasteiger partial charge in [0.15, 0.2) is 0 Å². The van der Waals surface area contributed by atoms with Gasteiger partial charge in [0.05, 0.1) is 5.69 Å². The van der Waals surface area contributed by atoms with E-state index in [0.717, 1.165) is 38.4 Å². The van der Waals surface area contributed by atoms with Gasteiger partial charge >= 0.3 is 0 Å². The zero-order valence-corrected chi connectivity index (χ0v) is 8.51. The lowest BCUT2D eigenvalue weighted by atomic mass is 10.1. The van der Waals surface area contributed by atoms with Gasteiger partial charge in [-0.25, -0.2) is 9.97 Å². The Hall–Kier alpha value is -1.16. The normalized spacial score (nSPS) is 15.8. The third kappa shape index (κ3) is 2.01. The van der Waals surface area contributed by atoms with E-state index in [-0.39, 0.29) is 0 Å². The molecule has 2 rings (SSSR count). The highest BCUT2D eigenvalue weighted by atomic mass is 15.1. The van der Waals surface area contributed by atoms with Crippen LogP contribution in [0.5, 0.6) is 0 Å². The van der Waals surface area contributed by atoms with E-state index in [1.54, 1.807) is 0 Å². The fourth-order valence-corrected chi connectivity index (χ4v) is 1.67. The van der Waals surface area contributed by atoms with E-state index >= 15 is 0 Å². The zero-order valence-electron chi connectivity index (χ0n) is 8.51. The Kier molecular flexibility index (Phi) is 2.93. The number of nitrogens with zero attached hydrogens (tertiary/aromatic N) is 2. The third-order valence-electron chi connectivity index (χ3n) is 2.40. The maximum absolute atomic E-state index is 4.50. The number of aromatic nitrogens is 2. The van der Waals surface area contributed by atoms with E-state index in [9.17, 15) is 0 Å². The molecule has 0 aromatic carbocycles. The van der Waals surface area contributed by atoms with Crippen molar-refractivity contribution in [3.05, 3.63) is 17.5 Å². The topological polar surface area (TPSA) is 49.8 Å². The largest absolute Gasteiger partial charge is 0.354 e. The molecular formula is C10H16N4.